The normalized spacial score (nSPS) is 12.2. The van der Waals surface area contributed by atoms with E-state index in [4.69, 9.17) is 14.2 Å². The first kappa shape index (κ1) is 31.5. The van der Waals surface area contributed by atoms with Crippen molar-refractivity contribution in [2.45, 2.75) is 70.7 Å². The summed E-state index contributed by atoms with van der Waals surface area (Å²) < 4.78 is 85.3. The summed E-state index contributed by atoms with van der Waals surface area (Å²) in [7, 11) is -4.68. The number of rotatable bonds is 15. The molecule has 4 aromatic carbocycles. The molecule has 0 heterocycles. The van der Waals surface area contributed by atoms with Crippen LogP contribution >= 0.6 is 0 Å². The second-order valence-corrected chi connectivity index (χ2v) is 11.8. The van der Waals surface area contributed by atoms with Crippen LogP contribution < -0.4 is 18.4 Å². The lowest BCUT2D eigenvalue weighted by molar-refractivity contribution is -0.0500. The van der Waals surface area contributed by atoms with E-state index in [1.54, 1.807) is 0 Å². The lowest BCUT2D eigenvalue weighted by Crippen LogP contribution is -2.28. The van der Waals surface area contributed by atoms with Crippen LogP contribution in [-0.2, 0) is 10.1 Å². The fourth-order valence-corrected chi connectivity index (χ4v) is 5.44. The van der Waals surface area contributed by atoms with Crippen LogP contribution in [0.25, 0.3) is 32.3 Å². The molecule has 228 valence electrons. The maximum Gasteiger partial charge on any atom is 0.534 e. The van der Waals surface area contributed by atoms with Gasteiger partial charge in [-0.05, 0) is 81.6 Å². The van der Waals surface area contributed by atoms with Crippen molar-refractivity contribution in [1.29, 1.82) is 0 Å². The Hall–Kier alpha value is -3.40. The summed E-state index contributed by atoms with van der Waals surface area (Å²) in [6.45, 7) is 5.37. The molecule has 6 nitrogen and oxygen atoms in total. The van der Waals surface area contributed by atoms with E-state index in [0.29, 0.717) is 40.9 Å². The average Bonchev–Trinajstić information content (AvgIpc) is 2.96. The molecule has 0 aliphatic rings. The van der Waals surface area contributed by atoms with E-state index in [1.807, 2.05) is 36.4 Å². The monoisotopic (exact) mass is 606 g/mol. The first-order valence-electron chi connectivity index (χ1n) is 14.4. The first-order valence-corrected chi connectivity index (χ1v) is 15.8. The lowest BCUT2D eigenvalue weighted by atomic mass is 9.93. The highest BCUT2D eigenvalue weighted by atomic mass is 32.2. The molecule has 0 bridgehead atoms. The molecular formula is C32H37F3O6S. The highest BCUT2D eigenvalue weighted by Crippen LogP contribution is 2.44. The molecule has 0 aliphatic heterocycles. The Morgan fingerprint density at radius 3 is 1.50 bits per heavy atom. The van der Waals surface area contributed by atoms with Crippen LogP contribution in [-0.4, -0.2) is 34.2 Å². The summed E-state index contributed by atoms with van der Waals surface area (Å²) in [5.74, 6) is 0.556. The Kier molecular flexibility index (Phi) is 10.3. The summed E-state index contributed by atoms with van der Waals surface area (Å²) in [6, 6.07) is 14.1. The number of ether oxygens (including phenoxy) is 3. The van der Waals surface area contributed by atoms with Gasteiger partial charge in [0.25, 0.3) is 0 Å². The maximum absolute atomic E-state index is 13.2. The third-order valence-electron chi connectivity index (χ3n) is 7.17. The van der Waals surface area contributed by atoms with Gasteiger partial charge in [-0.15, -0.1) is 0 Å². The van der Waals surface area contributed by atoms with Crippen molar-refractivity contribution < 1.29 is 40.0 Å². The molecule has 42 heavy (non-hydrogen) atoms. The quantitative estimate of drug-likeness (QED) is 0.0581. The Labute approximate surface area is 244 Å². The van der Waals surface area contributed by atoms with Gasteiger partial charge in [-0.1, -0.05) is 64.5 Å². The number of alkyl halides is 3. The molecule has 0 aliphatic carbocycles. The molecule has 0 amide bonds. The van der Waals surface area contributed by atoms with Gasteiger partial charge >= 0.3 is 15.6 Å². The number of hydrogen-bond acceptors (Lipinski definition) is 6. The highest BCUT2D eigenvalue weighted by molar-refractivity contribution is 7.88. The molecule has 0 saturated carbocycles. The van der Waals surface area contributed by atoms with E-state index < -0.39 is 21.4 Å². The van der Waals surface area contributed by atoms with Gasteiger partial charge < -0.3 is 18.4 Å². The topological polar surface area (TPSA) is 71.1 Å². The van der Waals surface area contributed by atoms with Crippen molar-refractivity contribution in [1.82, 2.24) is 0 Å². The van der Waals surface area contributed by atoms with Gasteiger partial charge in [0.1, 0.15) is 11.5 Å². The molecule has 4 aromatic rings. The predicted octanol–water partition coefficient (Wildman–Crippen LogP) is 9.30. The lowest BCUT2D eigenvalue weighted by Gasteiger charge is -2.17. The second kappa shape index (κ2) is 13.7. The summed E-state index contributed by atoms with van der Waals surface area (Å²) in [4.78, 5) is 0. The molecule has 0 atom stereocenters. The van der Waals surface area contributed by atoms with Crippen molar-refractivity contribution in [2.24, 2.45) is 0 Å². The Balaban J connectivity index is 1.86. The molecule has 0 radical (unpaired) electrons. The van der Waals surface area contributed by atoms with Gasteiger partial charge in [0, 0.05) is 0 Å². The molecule has 0 aromatic heterocycles. The smallest absolute Gasteiger partial charge is 0.494 e. The minimum Gasteiger partial charge on any atom is -0.494 e. The third kappa shape index (κ3) is 7.14. The van der Waals surface area contributed by atoms with Gasteiger partial charge in [-0.2, -0.15) is 21.6 Å². The van der Waals surface area contributed by atoms with Crippen molar-refractivity contribution in [2.75, 3.05) is 20.3 Å². The Morgan fingerprint density at radius 2 is 1.07 bits per heavy atom. The molecule has 0 unspecified atom stereocenters. The number of unbranched alkanes of at least 4 members (excludes halogenated alkanes) is 6. The SMILES string of the molecule is CCCCCCOc1ccc2c3ccc(OCCCCCC)cc3c3cc(OS(=O)(=O)C(F)(F)F)c(OC)cc3c2c1. The molecule has 0 fully saturated rings. The van der Waals surface area contributed by atoms with E-state index in [-0.39, 0.29) is 5.75 Å². The second-order valence-electron chi connectivity index (χ2n) is 10.3. The molecule has 0 N–H and O–H groups in total. The van der Waals surface area contributed by atoms with E-state index in [1.165, 1.54) is 19.2 Å². The summed E-state index contributed by atoms with van der Waals surface area (Å²) in [5.41, 5.74) is -5.60. The number of methoxy groups -OCH3 is 1. The average molecular weight is 607 g/mol. The zero-order chi connectivity index (χ0) is 30.3. The summed E-state index contributed by atoms with van der Waals surface area (Å²) >= 11 is 0. The fraction of sp³-hybridized carbons (Fsp3) is 0.438. The third-order valence-corrected chi connectivity index (χ3v) is 8.14. The molecule has 10 heteroatoms. The van der Waals surface area contributed by atoms with Gasteiger partial charge in [0.15, 0.2) is 11.5 Å². The Bertz CT molecular complexity index is 1630. The maximum atomic E-state index is 13.2. The van der Waals surface area contributed by atoms with E-state index in [2.05, 4.69) is 18.0 Å². The Morgan fingerprint density at radius 1 is 0.619 bits per heavy atom. The van der Waals surface area contributed by atoms with E-state index in [0.717, 1.165) is 67.5 Å². The first-order chi connectivity index (χ1) is 20.1. The van der Waals surface area contributed by atoms with Crippen LogP contribution in [0.1, 0.15) is 65.2 Å². The largest absolute Gasteiger partial charge is 0.534 e. The minimum atomic E-state index is -5.92. The number of hydrogen-bond donors (Lipinski definition) is 0. The molecule has 0 saturated heterocycles. The van der Waals surface area contributed by atoms with Crippen molar-refractivity contribution >= 4 is 42.4 Å². The van der Waals surface area contributed by atoms with Crippen LogP contribution in [0.15, 0.2) is 48.5 Å². The van der Waals surface area contributed by atoms with Crippen LogP contribution in [0.5, 0.6) is 23.0 Å². The van der Waals surface area contributed by atoms with Crippen LogP contribution in [0.2, 0.25) is 0 Å². The molecule has 0 spiro atoms. The standard InChI is InChI=1S/C32H37F3O6S/c1-4-6-8-10-16-39-22-12-14-24-25-15-13-23(40-17-11-9-7-5-2)19-27(25)29-21-31(41-42(36,37)32(33,34)35)30(38-3)20-28(29)26(24)18-22/h12-15,18-21H,4-11,16-17H2,1-3H3. The van der Waals surface area contributed by atoms with Gasteiger partial charge in [-0.25, -0.2) is 0 Å². The number of benzene rings is 4. The van der Waals surface area contributed by atoms with E-state index in [9.17, 15) is 21.6 Å². The summed E-state index contributed by atoms with van der Waals surface area (Å²) in [6.07, 6.45) is 8.43. The van der Waals surface area contributed by atoms with Gasteiger partial charge in [0.05, 0.1) is 20.3 Å². The van der Waals surface area contributed by atoms with Crippen molar-refractivity contribution in [3.8, 4) is 23.0 Å². The fourth-order valence-electron chi connectivity index (χ4n) is 4.98. The van der Waals surface area contributed by atoms with Gasteiger partial charge in [-0.3, -0.25) is 0 Å². The summed E-state index contributed by atoms with van der Waals surface area (Å²) in [5, 5.41) is 4.29. The van der Waals surface area contributed by atoms with Crippen LogP contribution in [0, 0.1) is 0 Å². The zero-order valence-electron chi connectivity index (χ0n) is 24.2. The molecule has 4 rings (SSSR count). The predicted molar refractivity (Wildman–Crippen MR) is 160 cm³/mol. The zero-order valence-corrected chi connectivity index (χ0v) is 25.0. The van der Waals surface area contributed by atoms with Crippen LogP contribution in [0.4, 0.5) is 13.2 Å². The number of halogens is 3. The van der Waals surface area contributed by atoms with Crippen LogP contribution in [0.3, 0.4) is 0 Å². The van der Waals surface area contributed by atoms with Gasteiger partial charge in [0.2, 0.25) is 0 Å². The molecular weight excluding hydrogens is 569 g/mol. The minimum absolute atomic E-state index is 0.148. The van der Waals surface area contributed by atoms with Crippen molar-refractivity contribution in [3.63, 3.8) is 0 Å². The van der Waals surface area contributed by atoms with E-state index >= 15 is 0 Å². The highest BCUT2D eigenvalue weighted by Gasteiger charge is 2.49. The van der Waals surface area contributed by atoms with Crippen molar-refractivity contribution in [3.05, 3.63) is 48.5 Å². The number of fused-ring (bicyclic) bond motifs is 6.